The van der Waals surface area contributed by atoms with Gasteiger partial charge in [-0.2, -0.15) is 19.6 Å². The fourth-order valence-corrected chi connectivity index (χ4v) is 3.80. The van der Waals surface area contributed by atoms with Crippen LogP contribution >= 0.6 is 0 Å². The van der Waals surface area contributed by atoms with Gasteiger partial charge in [-0.05, 0) is 49.9 Å². The molecule has 0 bridgehead atoms. The first-order chi connectivity index (χ1) is 13.4. The molecule has 1 saturated carbocycles. The zero-order valence-electron chi connectivity index (χ0n) is 15.0. The summed E-state index contributed by atoms with van der Waals surface area (Å²) in [5.41, 5.74) is 0.669. The van der Waals surface area contributed by atoms with E-state index in [1.165, 1.54) is 18.5 Å². The van der Waals surface area contributed by atoms with Crippen molar-refractivity contribution in [3.8, 4) is 0 Å². The number of aliphatic hydroxyl groups excluding tert-OH is 1. The van der Waals surface area contributed by atoms with Gasteiger partial charge < -0.3 is 15.7 Å². The Morgan fingerprint density at radius 1 is 1.14 bits per heavy atom. The average Bonchev–Trinajstić information content (AvgIpc) is 3.12. The molecule has 1 fully saturated rings. The Labute approximate surface area is 161 Å². The monoisotopic (exact) mass is 403 g/mol. The number of hydrogen-bond donors (Lipinski definition) is 4. The fourth-order valence-electron chi connectivity index (χ4n) is 3.28. The number of sulfonamides is 1. The predicted molar refractivity (Wildman–Crippen MR) is 104 cm³/mol. The Balaban J connectivity index is 1.58. The first kappa shape index (κ1) is 18.6. The number of hydrogen-bond acceptors (Lipinski definition) is 8. The maximum Gasteiger partial charge on any atom is 0.256 e. The van der Waals surface area contributed by atoms with Gasteiger partial charge in [0, 0.05) is 17.8 Å². The van der Waals surface area contributed by atoms with Gasteiger partial charge >= 0.3 is 0 Å². The molecule has 2 aromatic heterocycles. The van der Waals surface area contributed by atoms with Crippen LogP contribution in [0.25, 0.3) is 5.78 Å². The van der Waals surface area contributed by atoms with Gasteiger partial charge in [-0.15, -0.1) is 0 Å². The molecule has 5 N–H and O–H groups in total. The molecule has 0 atom stereocenters. The highest BCUT2D eigenvalue weighted by atomic mass is 32.2. The molecule has 3 aromatic rings. The van der Waals surface area contributed by atoms with Gasteiger partial charge in [0.25, 0.3) is 5.78 Å². The van der Waals surface area contributed by atoms with Crippen molar-refractivity contribution in [2.24, 2.45) is 5.14 Å². The maximum absolute atomic E-state index is 11.4. The quantitative estimate of drug-likeness (QED) is 0.497. The summed E-state index contributed by atoms with van der Waals surface area (Å²) in [4.78, 5) is 8.68. The summed E-state index contributed by atoms with van der Waals surface area (Å²) in [6.07, 6.45) is 4.48. The lowest BCUT2D eigenvalue weighted by molar-refractivity contribution is 0.126. The molecule has 0 radical (unpaired) electrons. The molecule has 0 spiro atoms. The molecule has 10 nitrogen and oxygen atoms in total. The lowest BCUT2D eigenvalue weighted by atomic mass is 9.93. The number of nitrogens with zero attached hydrogens (tertiary/aromatic N) is 4. The first-order valence-electron chi connectivity index (χ1n) is 8.94. The Kier molecular flexibility index (Phi) is 4.87. The van der Waals surface area contributed by atoms with E-state index in [2.05, 4.69) is 25.7 Å². The predicted octanol–water partition coefficient (Wildman–Crippen LogP) is 1.23. The molecular weight excluding hydrogens is 382 g/mol. The summed E-state index contributed by atoms with van der Waals surface area (Å²) in [5, 5.41) is 25.6. The topological polar surface area (TPSA) is 148 Å². The molecule has 0 amide bonds. The minimum Gasteiger partial charge on any atom is -0.393 e. The van der Waals surface area contributed by atoms with Gasteiger partial charge in [0.1, 0.15) is 18.0 Å². The van der Waals surface area contributed by atoms with Crippen LogP contribution in [0.5, 0.6) is 0 Å². The third-order valence-corrected chi connectivity index (χ3v) is 5.69. The van der Waals surface area contributed by atoms with Gasteiger partial charge in [0.05, 0.1) is 11.0 Å². The molecule has 0 saturated heterocycles. The van der Waals surface area contributed by atoms with Crippen LogP contribution in [0.1, 0.15) is 25.7 Å². The van der Waals surface area contributed by atoms with E-state index in [0.717, 1.165) is 25.7 Å². The van der Waals surface area contributed by atoms with Gasteiger partial charge in [-0.3, -0.25) is 0 Å². The molecule has 2 heterocycles. The summed E-state index contributed by atoms with van der Waals surface area (Å²) in [7, 11) is -3.74. The van der Waals surface area contributed by atoms with Crippen LogP contribution in [0, 0.1) is 0 Å². The van der Waals surface area contributed by atoms with Crippen LogP contribution in [0.4, 0.5) is 17.3 Å². The van der Waals surface area contributed by atoms with Gasteiger partial charge in [-0.1, -0.05) is 0 Å². The molecule has 0 unspecified atom stereocenters. The van der Waals surface area contributed by atoms with Crippen molar-refractivity contribution in [1.29, 1.82) is 0 Å². The molecule has 4 rings (SSSR count). The Morgan fingerprint density at radius 3 is 2.54 bits per heavy atom. The molecule has 1 aliphatic carbocycles. The van der Waals surface area contributed by atoms with E-state index < -0.39 is 10.0 Å². The minimum absolute atomic E-state index is 0.0422. The second kappa shape index (κ2) is 7.34. The molecular formula is C17H21N7O3S. The van der Waals surface area contributed by atoms with Crippen molar-refractivity contribution in [2.75, 3.05) is 10.6 Å². The molecule has 1 aromatic carbocycles. The van der Waals surface area contributed by atoms with Crippen LogP contribution in [0.2, 0.25) is 0 Å². The van der Waals surface area contributed by atoms with Gasteiger partial charge in [0.15, 0.2) is 0 Å². The van der Waals surface area contributed by atoms with E-state index in [4.69, 9.17) is 5.14 Å². The Hall–Kier alpha value is -2.76. The average molecular weight is 403 g/mol. The maximum atomic E-state index is 11.4. The van der Waals surface area contributed by atoms with Crippen LogP contribution in [0.3, 0.4) is 0 Å². The lowest BCUT2D eigenvalue weighted by Crippen LogP contribution is -2.28. The van der Waals surface area contributed by atoms with E-state index in [1.807, 2.05) is 6.07 Å². The van der Waals surface area contributed by atoms with Crippen molar-refractivity contribution >= 4 is 33.1 Å². The third-order valence-electron chi connectivity index (χ3n) is 4.76. The van der Waals surface area contributed by atoms with Crippen molar-refractivity contribution < 1.29 is 13.5 Å². The fraction of sp³-hybridized carbons (Fsp3) is 0.353. The summed E-state index contributed by atoms with van der Waals surface area (Å²) >= 11 is 0. The zero-order chi connectivity index (χ0) is 19.7. The van der Waals surface area contributed by atoms with E-state index in [0.29, 0.717) is 23.1 Å². The van der Waals surface area contributed by atoms with E-state index in [1.54, 1.807) is 16.6 Å². The molecule has 1 aliphatic rings. The Morgan fingerprint density at radius 2 is 1.86 bits per heavy atom. The normalized spacial score (nSPS) is 20.2. The highest BCUT2D eigenvalue weighted by molar-refractivity contribution is 7.89. The lowest BCUT2D eigenvalue weighted by Gasteiger charge is -2.26. The van der Waals surface area contributed by atoms with Crippen LogP contribution in [0.15, 0.2) is 41.6 Å². The number of nitrogens with one attached hydrogen (secondary N) is 2. The number of nitrogens with two attached hydrogens (primary N) is 1. The van der Waals surface area contributed by atoms with E-state index >= 15 is 0 Å². The first-order valence-corrected chi connectivity index (χ1v) is 10.5. The van der Waals surface area contributed by atoms with Crippen LogP contribution in [-0.2, 0) is 10.0 Å². The Bertz CT molecular complexity index is 1070. The third kappa shape index (κ3) is 4.06. The molecule has 11 heteroatoms. The van der Waals surface area contributed by atoms with E-state index in [-0.39, 0.29) is 17.0 Å². The highest BCUT2D eigenvalue weighted by Gasteiger charge is 2.20. The van der Waals surface area contributed by atoms with Crippen molar-refractivity contribution in [3.63, 3.8) is 0 Å². The standard InChI is InChI=1S/C17H21N7O3S/c18-28(26,27)14-7-3-12(4-8-14)22-16-9-15(23-17-19-10-20-24(16)17)21-11-1-5-13(25)6-2-11/h3-4,7-11,13,22,25H,1-2,5-6H2,(H2,18,26,27)(H,19,20,21,23). The summed E-state index contributed by atoms with van der Waals surface area (Å²) in [6, 6.07) is 8.17. The summed E-state index contributed by atoms with van der Waals surface area (Å²) in [6.45, 7) is 0. The molecule has 28 heavy (non-hydrogen) atoms. The zero-order valence-corrected chi connectivity index (χ0v) is 15.8. The number of benzene rings is 1. The summed E-state index contributed by atoms with van der Waals surface area (Å²) in [5.74, 6) is 1.72. The largest absolute Gasteiger partial charge is 0.393 e. The van der Waals surface area contributed by atoms with Crippen LogP contribution in [-0.4, -0.2) is 45.3 Å². The van der Waals surface area contributed by atoms with Crippen molar-refractivity contribution in [2.45, 2.75) is 42.7 Å². The second-order valence-electron chi connectivity index (χ2n) is 6.84. The number of primary sulfonamides is 1. The van der Waals surface area contributed by atoms with Gasteiger partial charge in [0.2, 0.25) is 10.0 Å². The second-order valence-corrected chi connectivity index (χ2v) is 8.40. The number of anilines is 3. The van der Waals surface area contributed by atoms with Crippen molar-refractivity contribution in [3.05, 3.63) is 36.7 Å². The smallest absolute Gasteiger partial charge is 0.256 e. The van der Waals surface area contributed by atoms with Crippen molar-refractivity contribution in [1.82, 2.24) is 19.6 Å². The highest BCUT2D eigenvalue weighted by Crippen LogP contribution is 2.25. The molecule has 0 aliphatic heterocycles. The molecule has 148 valence electrons. The summed E-state index contributed by atoms with van der Waals surface area (Å²) < 4.78 is 24.4. The SMILES string of the molecule is NS(=O)(=O)c1ccc(Nc2cc(NC3CCC(O)CC3)nc3ncnn23)cc1. The minimum atomic E-state index is -3.74. The van der Waals surface area contributed by atoms with Crippen LogP contribution < -0.4 is 15.8 Å². The van der Waals surface area contributed by atoms with E-state index in [9.17, 15) is 13.5 Å². The number of aromatic nitrogens is 4. The number of aliphatic hydroxyl groups is 1. The number of fused-ring (bicyclic) bond motifs is 1. The number of rotatable bonds is 5. The van der Waals surface area contributed by atoms with Gasteiger partial charge in [-0.25, -0.2) is 13.6 Å².